The van der Waals surface area contributed by atoms with Crippen molar-refractivity contribution in [3.8, 4) is 0 Å². The van der Waals surface area contributed by atoms with E-state index in [0.29, 0.717) is 6.04 Å². The molecule has 1 atom stereocenters. The third kappa shape index (κ3) is 1.30. The Morgan fingerprint density at radius 2 is 2.38 bits per heavy atom. The quantitative estimate of drug-likeness (QED) is 0.483. The van der Waals surface area contributed by atoms with Crippen LogP contribution in [0.5, 0.6) is 0 Å². The van der Waals surface area contributed by atoms with Gasteiger partial charge < -0.3 is 10.7 Å². The van der Waals surface area contributed by atoms with Gasteiger partial charge in [-0.15, -0.1) is 0 Å². The first-order chi connectivity index (χ1) is 3.93. The molecule has 1 aliphatic heterocycles. The molecule has 0 aromatic heterocycles. The zero-order valence-corrected chi connectivity index (χ0v) is 4.98. The minimum absolute atomic E-state index is 0.378. The van der Waals surface area contributed by atoms with Crippen molar-refractivity contribution in [1.82, 2.24) is 5.32 Å². The molecule has 1 saturated heterocycles. The lowest BCUT2D eigenvalue weighted by molar-refractivity contribution is 0.475. The molecule has 0 spiro atoms. The topological polar surface area (TPSA) is 35.9 Å². The zero-order valence-electron chi connectivity index (χ0n) is 4.98. The maximum Gasteiger partial charge on any atom is 0.0417 e. The fourth-order valence-corrected chi connectivity index (χ4v) is 1.02. The van der Waals surface area contributed by atoms with Gasteiger partial charge >= 0.3 is 0 Å². The van der Waals surface area contributed by atoms with Gasteiger partial charge in [0, 0.05) is 12.3 Å². The molecule has 0 radical (unpaired) electrons. The smallest absolute Gasteiger partial charge is 0.0417 e. The Balaban J connectivity index is 2.22. The van der Waals surface area contributed by atoms with E-state index in [-0.39, 0.29) is 0 Å². The van der Waals surface area contributed by atoms with Crippen molar-refractivity contribution in [3.05, 3.63) is 0 Å². The lowest BCUT2D eigenvalue weighted by Crippen LogP contribution is -2.34. The molecule has 0 aromatic rings. The van der Waals surface area contributed by atoms with E-state index in [1.165, 1.54) is 19.1 Å². The maximum absolute atomic E-state index is 6.91. The van der Waals surface area contributed by atoms with Gasteiger partial charge in [0.2, 0.25) is 0 Å². The molecule has 0 saturated carbocycles. The van der Waals surface area contributed by atoms with Crippen LogP contribution in [0.3, 0.4) is 0 Å². The SMILES string of the molecule is N=C[C@@H]1CCCCN1. The van der Waals surface area contributed by atoms with Gasteiger partial charge in [0.25, 0.3) is 0 Å². The van der Waals surface area contributed by atoms with Gasteiger partial charge in [0.05, 0.1) is 0 Å². The summed E-state index contributed by atoms with van der Waals surface area (Å²) in [7, 11) is 0. The van der Waals surface area contributed by atoms with Crippen LogP contribution in [-0.4, -0.2) is 18.8 Å². The molecule has 2 heteroatoms. The van der Waals surface area contributed by atoms with Crippen molar-refractivity contribution in [1.29, 1.82) is 5.41 Å². The van der Waals surface area contributed by atoms with Gasteiger partial charge in [-0.05, 0) is 19.4 Å². The molecule has 1 heterocycles. The Kier molecular flexibility index (Phi) is 2.03. The largest absolute Gasteiger partial charge is 0.311 e. The van der Waals surface area contributed by atoms with Crippen molar-refractivity contribution in [2.75, 3.05) is 6.54 Å². The molecule has 0 aliphatic carbocycles. The summed E-state index contributed by atoms with van der Waals surface area (Å²) in [6, 6.07) is 0.378. The molecule has 0 unspecified atom stereocenters. The first-order valence-corrected chi connectivity index (χ1v) is 3.17. The highest BCUT2D eigenvalue weighted by atomic mass is 14.9. The van der Waals surface area contributed by atoms with Crippen LogP contribution < -0.4 is 5.32 Å². The van der Waals surface area contributed by atoms with Crippen LogP contribution in [0.15, 0.2) is 0 Å². The van der Waals surface area contributed by atoms with Crippen molar-refractivity contribution >= 4 is 6.21 Å². The van der Waals surface area contributed by atoms with E-state index in [1.807, 2.05) is 0 Å². The molecular weight excluding hydrogens is 100 g/mol. The van der Waals surface area contributed by atoms with E-state index in [0.717, 1.165) is 13.0 Å². The van der Waals surface area contributed by atoms with Crippen LogP contribution in [0.1, 0.15) is 19.3 Å². The van der Waals surface area contributed by atoms with E-state index in [4.69, 9.17) is 5.41 Å². The Morgan fingerprint density at radius 3 is 2.75 bits per heavy atom. The number of hydrogen-bond acceptors (Lipinski definition) is 2. The molecule has 1 fully saturated rings. The van der Waals surface area contributed by atoms with Crippen LogP contribution in [-0.2, 0) is 0 Å². The van der Waals surface area contributed by atoms with Crippen molar-refractivity contribution in [3.63, 3.8) is 0 Å². The number of rotatable bonds is 1. The second-order valence-electron chi connectivity index (χ2n) is 2.22. The maximum atomic E-state index is 6.91. The van der Waals surface area contributed by atoms with E-state index < -0.39 is 0 Å². The van der Waals surface area contributed by atoms with E-state index in [1.54, 1.807) is 0 Å². The first kappa shape index (κ1) is 5.76. The minimum Gasteiger partial charge on any atom is -0.311 e. The molecule has 0 amide bonds. The highest BCUT2D eigenvalue weighted by Crippen LogP contribution is 2.03. The van der Waals surface area contributed by atoms with Crippen LogP contribution in [0, 0.1) is 5.41 Å². The Morgan fingerprint density at radius 1 is 1.50 bits per heavy atom. The number of piperidine rings is 1. The average molecular weight is 112 g/mol. The molecule has 8 heavy (non-hydrogen) atoms. The predicted octanol–water partition coefficient (Wildman–Crippen LogP) is 0.778. The highest BCUT2D eigenvalue weighted by Gasteiger charge is 2.07. The van der Waals surface area contributed by atoms with Crippen molar-refractivity contribution in [2.24, 2.45) is 0 Å². The molecule has 1 rings (SSSR count). The van der Waals surface area contributed by atoms with Gasteiger partial charge in [0.15, 0.2) is 0 Å². The lowest BCUT2D eigenvalue weighted by Gasteiger charge is -2.18. The molecule has 2 N–H and O–H groups in total. The molecule has 46 valence electrons. The van der Waals surface area contributed by atoms with Crippen LogP contribution in [0.25, 0.3) is 0 Å². The van der Waals surface area contributed by atoms with Crippen LogP contribution in [0.4, 0.5) is 0 Å². The Labute approximate surface area is 49.8 Å². The lowest BCUT2D eigenvalue weighted by atomic mass is 10.1. The van der Waals surface area contributed by atoms with Gasteiger partial charge in [-0.2, -0.15) is 0 Å². The summed E-state index contributed by atoms with van der Waals surface area (Å²) in [6.07, 6.45) is 5.22. The third-order valence-corrected chi connectivity index (χ3v) is 1.55. The molecular formula is C6H12N2. The van der Waals surface area contributed by atoms with Gasteiger partial charge in [-0.3, -0.25) is 0 Å². The van der Waals surface area contributed by atoms with Crippen LogP contribution in [0.2, 0.25) is 0 Å². The number of nitrogens with one attached hydrogen (secondary N) is 2. The third-order valence-electron chi connectivity index (χ3n) is 1.55. The monoisotopic (exact) mass is 112 g/mol. The second-order valence-corrected chi connectivity index (χ2v) is 2.22. The van der Waals surface area contributed by atoms with Gasteiger partial charge in [-0.1, -0.05) is 6.42 Å². The second kappa shape index (κ2) is 2.82. The summed E-state index contributed by atoms with van der Waals surface area (Å²) in [4.78, 5) is 0. The molecule has 1 aliphatic rings. The molecule has 0 aromatic carbocycles. The molecule has 2 nitrogen and oxygen atoms in total. The standard InChI is InChI=1S/C6H12N2/c7-5-6-3-1-2-4-8-6/h5-8H,1-4H2/t6-/m0/s1. The Hall–Kier alpha value is -0.370. The normalized spacial score (nSPS) is 29.8. The van der Waals surface area contributed by atoms with E-state index >= 15 is 0 Å². The summed E-state index contributed by atoms with van der Waals surface area (Å²) in [5.74, 6) is 0. The van der Waals surface area contributed by atoms with Crippen molar-refractivity contribution in [2.45, 2.75) is 25.3 Å². The fourth-order valence-electron chi connectivity index (χ4n) is 1.02. The van der Waals surface area contributed by atoms with Crippen LogP contribution >= 0.6 is 0 Å². The van der Waals surface area contributed by atoms with Gasteiger partial charge in [-0.25, -0.2) is 0 Å². The fraction of sp³-hybridized carbons (Fsp3) is 0.833. The van der Waals surface area contributed by atoms with E-state index in [9.17, 15) is 0 Å². The summed E-state index contributed by atoms with van der Waals surface area (Å²) in [5.41, 5.74) is 0. The Bertz CT molecular complexity index is 74.6. The average Bonchev–Trinajstić information content (AvgIpc) is 1.90. The summed E-state index contributed by atoms with van der Waals surface area (Å²) in [5, 5.41) is 10.1. The zero-order chi connectivity index (χ0) is 5.82. The van der Waals surface area contributed by atoms with Crippen molar-refractivity contribution < 1.29 is 0 Å². The first-order valence-electron chi connectivity index (χ1n) is 3.17. The van der Waals surface area contributed by atoms with E-state index in [2.05, 4.69) is 5.32 Å². The summed E-state index contributed by atoms with van der Waals surface area (Å²) >= 11 is 0. The number of hydrogen-bond donors (Lipinski definition) is 2. The predicted molar refractivity (Wildman–Crippen MR) is 34.4 cm³/mol. The molecule has 0 bridgehead atoms. The summed E-state index contributed by atoms with van der Waals surface area (Å²) < 4.78 is 0. The summed E-state index contributed by atoms with van der Waals surface area (Å²) in [6.45, 7) is 1.10. The van der Waals surface area contributed by atoms with Gasteiger partial charge in [0.1, 0.15) is 0 Å². The minimum atomic E-state index is 0.378. The highest BCUT2D eigenvalue weighted by molar-refractivity contribution is 5.60.